The topological polar surface area (TPSA) is 55.5 Å². The molecule has 1 aliphatic heterocycles. The molecular weight excluding hydrogens is 154 g/mol. The van der Waals surface area contributed by atoms with Crippen LogP contribution in [0.2, 0.25) is 0 Å². The van der Waals surface area contributed by atoms with E-state index >= 15 is 0 Å². The number of hydrogen-bond acceptors (Lipinski definition) is 3. The monoisotopic (exact) mass is 167 g/mol. The molecule has 0 radical (unpaired) electrons. The largest absolute Gasteiger partial charge is 0.386 e. The predicted molar refractivity (Wildman–Crippen MR) is 41.3 cm³/mol. The van der Waals surface area contributed by atoms with Gasteiger partial charge in [-0.1, -0.05) is 0 Å². The molecule has 0 aromatic heterocycles. The molecule has 62 valence electrons. The van der Waals surface area contributed by atoms with Crippen LogP contribution in [-0.2, 0) is 4.74 Å². The fourth-order valence-electron chi connectivity index (χ4n) is 0.999. The van der Waals surface area contributed by atoms with Crippen LogP contribution in [0.25, 0.3) is 0 Å². The smallest absolute Gasteiger partial charge is 0.100 e. The molecule has 4 heteroatoms. The molecule has 3 N–H and O–H groups in total. The van der Waals surface area contributed by atoms with Crippen LogP contribution in [0.3, 0.4) is 0 Å². The number of rotatable bonds is 1. The second-order valence-electron chi connectivity index (χ2n) is 2.58. The Morgan fingerprint density at radius 1 is 1.60 bits per heavy atom. The van der Waals surface area contributed by atoms with Crippen molar-refractivity contribution in [1.29, 1.82) is 0 Å². The van der Waals surface area contributed by atoms with Crippen LogP contribution in [-0.4, -0.2) is 30.5 Å². The van der Waals surface area contributed by atoms with Crippen molar-refractivity contribution in [3.63, 3.8) is 0 Å². The van der Waals surface area contributed by atoms with Crippen LogP contribution < -0.4 is 5.73 Å². The van der Waals surface area contributed by atoms with Gasteiger partial charge in [-0.3, -0.25) is 0 Å². The summed E-state index contributed by atoms with van der Waals surface area (Å²) in [6.07, 6.45) is 1.71. The zero-order valence-electron chi connectivity index (χ0n) is 5.88. The first-order valence-electron chi connectivity index (χ1n) is 3.27. The number of halogens is 1. The normalized spacial score (nSPS) is 33.0. The van der Waals surface area contributed by atoms with E-state index in [2.05, 4.69) is 0 Å². The van der Waals surface area contributed by atoms with E-state index in [-0.39, 0.29) is 12.4 Å². The summed E-state index contributed by atoms with van der Waals surface area (Å²) >= 11 is 0. The fraction of sp³-hybridized carbons (Fsp3) is 1.00. The summed E-state index contributed by atoms with van der Waals surface area (Å²) in [5, 5.41) is 9.43. The lowest BCUT2D eigenvalue weighted by molar-refractivity contribution is -0.0787. The van der Waals surface area contributed by atoms with Gasteiger partial charge in [-0.2, -0.15) is 0 Å². The van der Waals surface area contributed by atoms with Crippen molar-refractivity contribution in [2.45, 2.75) is 18.4 Å². The summed E-state index contributed by atoms with van der Waals surface area (Å²) in [7, 11) is 0. The van der Waals surface area contributed by atoms with E-state index in [0.29, 0.717) is 13.2 Å². The molecule has 1 heterocycles. The quantitative estimate of drug-likeness (QED) is 0.574. The minimum absolute atomic E-state index is 0. The van der Waals surface area contributed by atoms with Crippen molar-refractivity contribution in [1.82, 2.24) is 0 Å². The van der Waals surface area contributed by atoms with Gasteiger partial charge < -0.3 is 15.6 Å². The zero-order chi connectivity index (χ0) is 6.74. The van der Waals surface area contributed by atoms with E-state index in [1.165, 1.54) is 0 Å². The first kappa shape index (κ1) is 10.2. The van der Waals surface area contributed by atoms with E-state index < -0.39 is 5.60 Å². The summed E-state index contributed by atoms with van der Waals surface area (Å²) < 4.78 is 5.05. The Hall–Kier alpha value is 0.170. The van der Waals surface area contributed by atoms with Crippen LogP contribution in [0.4, 0.5) is 0 Å². The van der Waals surface area contributed by atoms with Gasteiger partial charge in [0.25, 0.3) is 0 Å². The third-order valence-electron chi connectivity index (χ3n) is 1.68. The molecule has 1 rings (SSSR count). The van der Waals surface area contributed by atoms with Crippen LogP contribution >= 0.6 is 12.4 Å². The highest BCUT2D eigenvalue weighted by Gasteiger charge is 2.27. The lowest BCUT2D eigenvalue weighted by Crippen LogP contribution is -2.45. The van der Waals surface area contributed by atoms with Gasteiger partial charge in [0.15, 0.2) is 0 Å². The average Bonchev–Trinajstić information content (AvgIpc) is 1.90. The Morgan fingerprint density at radius 2 is 2.30 bits per heavy atom. The number of nitrogens with two attached hydrogens (primary N) is 1. The molecule has 1 aliphatic rings. The van der Waals surface area contributed by atoms with Crippen LogP contribution in [0.1, 0.15) is 12.8 Å². The molecule has 0 aliphatic carbocycles. The van der Waals surface area contributed by atoms with Crippen LogP contribution in [0.15, 0.2) is 0 Å². The van der Waals surface area contributed by atoms with Gasteiger partial charge in [-0.25, -0.2) is 0 Å². The lowest BCUT2D eigenvalue weighted by atomic mass is 9.97. The Kier molecular flexibility index (Phi) is 4.20. The predicted octanol–water partition coefficient (Wildman–Crippen LogP) is -0.0916. The minimum Gasteiger partial charge on any atom is -0.386 e. The lowest BCUT2D eigenvalue weighted by Gasteiger charge is -2.30. The van der Waals surface area contributed by atoms with Crippen molar-refractivity contribution >= 4 is 12.4 Å². The zero-order valence-corrected chi connectivity index (χ0v) is 6.69. The Bertz CT molecular complexity index is 93.7. The number of aliphatic hydroxyl groups is 1. The van der Waals surface area contributed by atoms with E-state index in [9.17, 15) is 5.11 Å². The van der Waals surface area contributed by atoms with E-state index in [1.807, 2.05) is 0 Å². The van der Waals surface area contributed by atoms with Gasteiger partial charge in [-0.15, -0.1) is 12.4 Å². The average molecular weight is 168 g/mol. The number of ether oxygens (including phenoxy) is 1. The number of hydrogen-bond donors (Lipinski definition) is 2. The van der Waals surface area contributed by atoms with Gasteiger partial charge in [0, 0.05) is 13.2 Å². The van der Waals surface area contributed by atoms with Gasteiger partial charge in [-0.05, 0) is 12.8 Å². The molecule has 0 aromatic rings. The summed E-state index contributed by atoms with van der Waals surface area (Å²) in [6.45, 7) is 1.48. The molecule has 1 saturated heterocycles. The van der Waals surface area contributed by atoms with Crippen LogP contribution in [0.5, 0.6) is 0 Å². The van der Waals surface area contributed by atoms with Gasteiger partial charge >= 0.3 is 0 Å². The summed E-state index contributed by atoms with van der Waals surface area (Å²) in [6, 6.07) is 0. The van der Waals surface area contributed by atoms with E-state index in [0.717, 1.165) is 19.4 Å². The van der Waals surface area contributed by atoms with Crippen molar-refractivity contribution < 1.29 is 9.84 Å². The Morgan fingerprint density at radius 3 is 2.60 bits per heavy atom. The Labute approximate surface area is 67.0 Å². The standard InChI is InChI=1S/C6H13NO2.ClH/c7-4-6(8)2-1-3-9-5-6;/h8H,1-5,7H2;1H. The molecule has 1 atom stereocenters. The molecule has 3 nitrogen and oxygen atoms in total. The van der Waals surface area contributed by atoms with Crippen molar-refractivity contribution in [3.8, 4) is 0 Å². The molecule has 0 spiro atoms. The van der Waals surface area contributed by atoms with E-state index in [4.69, 9.17) is 10.5 Å². The van der Waals surface area contributed by atoms with Gasteiger partial charge in [0.1, 0.15) is 5.60 Å². The fourth-order valence-corrected chi connectivity index (χ4v) is 0.999. The first-order valence-corrected chi connectivity index (χ1v) is 3.27. The second kappa shape index (κ2) is 4.13. The van der Waals surface area contributed by atoms with Gasteiger partial charge in [0.05, 0.1) is 6.61 Å². The SMILES string of the molecule is Cl.NCC1(O)CCCOC1. The third kappa shape index (κ3) is 2.42. The molecular formula is C6H14ClNO2. The summed E-state index contributed by atoms with van der Waals surface area (Å²) in [4.78, 5) is 0. The molecule has 0 bridgehead atoms. The van der Waals surface area contributed by atoms with Crippen molar-refractivity contribution in [2.75, 3.05) is 19.8 Å². The van der Waals surface area contributed by atoms with E-state index in [1.54, 1.807) is 0 Å². The van der Waals surface area contributed by atoms with Crippen molar-refractivity contribution in [2.24, 2.45) is 5.73 Å². The first-order chi connectivity index (χ1) is 4.27. The maximum Gasteiger partial charge on any atom is 0.100 e. The Balaban J connectivity index is 0.000000810. The molecule has 0 amide bonds. The molecule has 0 aromatic carbocycles. The molecule has 1 unspecified atom stereocenters. The third-order valence-corrected chi connectivity index (χ3v) is 1.68. The maximum atomic E-state index is 9.43. The molecule has 1 fully saturated rings. The van der Waals surface area contributed by atoms with Gasteiger partial charge in [0.2, 0.25) is 0 Å². The minimum atomic E-state index is -0.724. The molecule has 10 heavy (non-hydrogen) atoms. The highest BCUT2D eigenvalue weighted by molar-refractivity contribution is 5.85. The second-order valence-corrected chi connectivity index (χ2v) is 2.58. The summed E-state index contributed by atoms with van der Waals surface area (Å²) in [5.41, 5.74) is 4.58. The van der Waals surface area contributed by atoms with Crippen LogP contribution in [0, 0.1) is 0 Å². The highest BCUT2D eigenvalue weighted by Crippen LogP contribution is 2.16. The van der Waals surface area contributed by atoms with Crippen molar-refractivity contribution in [3.05, 3.63) is 0 Å². The maximum absolute atomic E-state index is 9.43. The highest BCUT2D eigenvalue weighted by atomic mass is 35.5. The molecule has 0 saturated carbocycles. The summed E-state index contributed by atoms with van der Waals surface area (Å²) in [5.74, 6) is 0.